The highest BCUT2D eigenvalue weighted by Crippen LogP contribution is 2.32. The van der Waals surface area contributed by atoms with Crippen molar-refractivity contribution in [2.45, 2.75) is 91.4 Å². The van der Waals surface area contributed by atoms with E-state index in [1.807, 2.05) is 36.4 Å². The van der Waals surface area contributed by atoms with Crippen LogP contribution in [0.5, 0.6) is 11.5 Å². The van der Waals surface area contributed by atoms with E-state index >= 15 is 0 Å². The number of ether oxygens (including phenoxy) is 2. The summed E-state index contributed by atoms with van der Waals surface area (Å²) in [5.41, 5.74) is 1.82. The summed E-state index contributed by atoms with van der Waals surface area (Å²) in [5, 5.41) is 0. The molecule has 0 N–H and O–H groups in total. The molecule has 0 amide bonds. The average Bonchev–Trinajstić information content (AvgIpc) is 2.87. The minimum atomic E-state index is -0.335. The summed E-state index contributed by atoms with van der Waals surface area (Å²) >= 11 is 0. The maximum atomic E-state index is 12.5. The summed E-state index contributed by atoms with van der Waals surface area (Å²) in [7, 11) is 0. The Morgan fingerprint density at radius 2 is 1.50 bits per heavy atom. The fourth-order valence-corrected chi connectivity index (χ4v) is 4.85. The lowest BCUT2D eigenvalue weighted by Crippen LogP contribution is -2.20. The van der Waals surface area contributed by atoms with Crippen LogP contribution in [0.4, 0.5) is 0 Å². The Morgan fingerprint density at radius 1 is 0.853 bits per heavy atom. The second kappa shape index (κ2) is 14.2. The van der Waals surface area contributed by atoms with Crippen LogP contribution in [-0.4, -0.2) is 12.6 Å². The molecule has 3 nitrogen and oxygen atoms in total. The van der Waals surface area contributed by atoms with Crippen molar-refractivity contribution in [1.82, 2.24) is 0 Å². The third kappa shape index (κ3) is 8.81. The molecule has 3 rings (SSSR count). The van der Waals surface area contributed by atoms with E-state index in [1.165, 1.54) is 63.4 Å². The maximum Gasteiger partial charge on any atom is 0.343 e. The Labute approximate surface area is 207 Å². The summed E-state index contributed by atoms with van der Waals surface area (Å²) < 4.78 is 11.6. The van der Waals surface area contributed by atoms with Crippen molar-refractivity contribution in [1.29, 1.82) is 0 Å². The molecule has 1 fully saturated rings. The highest BCUT2D eigenvalue weighted by Gasteiger charge is 2.21. The number of carbonyl (C=O) groups excluding carboxylic acids is 1. The molecular formula is C31H44O3. The van der Waals surface area contributed by atoms with E-state index < -0.39 is 0 Å². The summed E-state index contributed by atoms with van der Waals surface area (Å²) in [6.45, 7) is 7.51. The largest absolute Gasteiger partial charge is 0.493 e. The normalized spacial score (nSPS) is 18.9. The molecule has 0 radical (unpaired) electrons. The first kappa shape index (κ1) is 26.3. The monoisotopic (exact) mass is 464 g/mol. The summed E-state index contributed by atoms with van der Waals surface area (Å²) in [6.07, 6.45) is 14.4. The Bertz CT molecular complexity index is 832. The molecule has 0 spiro atoms. The molecule has 0 aliphatic heterocycles. The van der Waals surface area contributed by atoms with Crippen LogP contribution in [0.3, 0.4) is 0 Å². The van der Waals surface area contributed by atoms with Crippen molar-refractivity contribution < 1.29 is 14.3 Å². The second-order valence-electron chi connectivity index (χ2n) is 10.3. The van der Waals surface area contributed by atoms with E-state index in [0.29, 0.717) is 23.1 Å². The van der Waals surface area contributed by atoms with Crippen LogP contribution in [0.15, 0.2) is 48.5 Å². The molecule has 2 aromatic carbocycles. The summed E-state index contributed by atoms with van der Waals surface area (Å²) in [6, 6.07) is 15.2. The molecule has 186 valence electrons. The lowest BCUT2D eigenvalue weighted by atomic mass is 9.80. The van der Waals surface area contributed by atoms with Gasteiger partial charge in [-0.2, -0.15) is 0 Å². The van der Waals surface area contributed by atoms with Gasteiger partial charge in [0.15, 0.2) is 0 Å². The highest BCUT2D eigenvalue weighted by molar-refractivity contribution is 5.91. The van der Waals surface area contributed by atoms with Gasteiger partial charge in [-0.1, -0.05) is 84.3 Å². The molecule has 2 aromatic rings. The van der Waals surface area contributed by atoms with Crippen molar-refractivity contribution in [3.8, 4) is 11.5 Å². The van der Waals surface area contributed by atoms with Crippen LogP contribution in [-0.2, 0) is 6.42 Å². The summed E-state index contributed by atoms with van der Waals surface area (Å²) in [4.78, 5) is 12.5. The quantitative estimate of drug-likeness (QED) is 0.169. The zero-order valence-corrected chi connectivity index (χ0v) is 21.6. The third-order valence-corrected chi connectivity index (χ3v) is 7.42. The lowest BCUT2D eigenvalue weighted by Gasteiger charge is -2.28. The lowest BCUT2D eigenvalue weighted by molar-refractivity contribution is 0.0734. The fraction of sp³-hybridized carbons (Fsp3) is 0.581. The molecule has 3 heteroatoms. The third-order valence-electron chi connectivity index (χ3n) is 7.42. The zero-order chi connectivity index (χ0) is 24.2. The van der Waals surface area contributed by atoms with E-state index in [4.69, 9.17) is 9.47 Å². The number of esters is 1. The molecule has 1 aliphatic rings. The number of carbonyl (C=O) groups is 1. The van der Waals surface area contributed by atoms with Crippen LogP contribution < -0.4 is 9.47 Å². The Hall–Kier alpha value is -2.29. The molecule has 1 unspecified atom stereocenters. The first-order chi connectivity index (χ1) is 16.6. The Balaban J connectivity index is 1.38. The van der Waals surface area contributed by atoms with Crippen LogP contribution >= 0.6 is 0 Å². The predicted molar refractivity (Wildman–Crippen MR) is 141 cm³/mol. The second-order valence-corrected chi connectivity index (χ2v) is 10.3. The molecule has 1 saturated carbocycles. The van der Waals surface area contributed by atoms with Crippen molar-refractivity contribution >= 4 is 5.97 Å². The molecule has 1 aliphatic carbocycles. The SMILES string of the molecule is CCCCCCC1CCC(COc2ccc(C(=O)Oc3ccc(CC(C)CC)cc3)cc2)CC1. The maximum absolute atomic E-state index is 12.5. The van der Waals surface area contributed by atoms with Crippen LogP contribution in [0.25, 0.3) is 0 Å². The molecule has 1 atom stereocenters. The number of benzene rings is 2. The zero-order valence-electron chi connectivity index (χ0n) is 21.6. The number of rotatable bonds is 13. The first-order valence-corrected chi connectivity index (χ1v) is 13.6. The van der Waals surface area contributed by atoms with E-state index in [9.17, 15) is 4.79 Å². The van der Waals surface area contributed by atoms with Gasteiger partial charge in [-0.25, -0.2) is 4.79 Å². The van der Waals surface area contributed by atoms with Gasteiger partial charge in [0.2, 0.25) is 0 Å². The minimum absolute atomic E-state index is 0.335. The van der Waals surface area contributed by atoms with Crippen LogP contribution in [0, 0.1) is 17.8 Å². The van der Waals surface area contributed by atoms with E-state index in [2.05, 4.69) is 20.8 Å². The van der Waals surface area contributed by atoms with Crippen molar-refractivity contribution in [2.24, 2.45) is 17.8 Å². The molecule has 0 bridgehead atoms. The van der Waals surface area contributed by atoms with E-state index in [1.54, 1.807) is 12.1 Å². The fourth-order valence-electron chi connectivity index (χ4n) is 4.85. The van der Waals surface area contributed by atoms with Crippen molar-refractivity contribution in [3.05, 3.63) is 59.7 Å². The van der Waals surface area contributed by atoms with Crippen molar-refractivity contribution in [3.63, 3.8) is 0 Å². The molecule has 34 heavy (non-hydrogen) atoms. The molecule has 0 saturated heterocycles. The van der Waals surface area contributed by atoms with Crippen molar-refractivity contribution in [2.75, 3.05) is 6.61 Å². The smallest absolute Gasteiger partial charge is 0.343 e. The number of hydrogen-bond donors (Lipinski definition) is 0. The van der Waals surface area contributed by atoms with Gasteiger partial charge in [0.25, 0.3) is 0 Å². The van der Waals surface area contributed by atoms with Gasteiger partial charge in [0, 0.05) is 0 Å². The Kier molecular flexibility index (Phi) is 11.0. The van der Waals surface area contributed by atoms with E-state index in [0.717, 1.165) is 31.1 Å². The molecule has 0 heterocycles. The molecular weight excluding hydrogens is 420 g/mol. The minimum Gasteiger partial charge on any atom is -0.493 e. The van der Waals surface area contributed by atoms with E-state index in [-0.39, 0.29) is 5.97 Å². The van der Waals surface area contributed by atoms with Gasteiger partial charge in [-0.3, -0.25) is 0 Å². The predicted octanol–water partition coefficient (Wildman–Crippen LogP) is 8.65. The van der Waals surface area contributed by atoms with Gasteiger partial charge in [0.1, 0.15) is 11.5 Å². The highest BCUT2D eigenvalue weighted by atomic mass is 16.5. The van der Waals surface area contributed by atoms with Gasteiger partial charge in [-0.15, -0.1) is 0 Å². The Morgan fingerprint density at radius 3 is 2.15 bits per heavy atom. The standard InChI is InChI=1S/C31H44O3/c1-4-6-7-8-9-25-10-12-27(13-11-25)23-33-29-20-16-28(17-21-29)31(32)34-30-18-14-26(15-19-30)22-24(3)5-2/h14-21,24-25,27H,4-13,22-23H2,1-3H3. The van der Waals surface area contributed by atoms with Gasteiger partial charge >= 0.3 is 5.97 Å². The average molecular weight is 465 g/mol. The molecule has 0 aromatic heterocycles. The van der Waals surface area contributed by atoms with Gasteiger partial charge in [-0.05, 0) is 79.0 Å². The summed E-state index contributed by atoms with van der Waals surface area (Å²) in [5.74, 6) is 3.31. The number of hydrogen-bond acceptors (Lipinski definition) is 3. The first-order valence-electron chi connectivity index (χ1n) is 13.6. The van der Waals surface area contributed by atoms with Gasteiger partial charge in [0.05, 0.1) is 12.2 Å². The topological polar surface area (TPSA) is 35.5 Å². The van der Waals surface area contributed by atoms with Gasteiger partial charge < -0.3 is 9.47 Å². The van der Waals surface area contributed by atoms with Crippen LogP contribution in [0.2, 0.25) is 0 Å². The number of unbranched alkanes of at least 4 members (excludes halogenated alkanes) is 3. The van der Waals surface area contributed by atoms with Crippen LogP contribution in [0.1, 0.15) is 101 Å².